The van der Waals surface area contributed by atoms with E-state index in [9.17, 15) is 9.59 Å². The summed E-state index contributed by atoms with van der Waals surface area (Å²) in [5.74, 6) is -0.303. The minimum atomic E-state index is -0.823. The molecule has 1 aromatic rings. The van der Waals surface area contributed by atoms with Crippen LogP contribution in [0.1, 0.15) is 37.7 Å². The summed E-state index contributed by atoms with van der Waals surface area (Å²) in [7, 11) is 0. The molecule has 1 heterocycles. The summed E-state index contributed by atoms with van der Waals surface area (Å²) in [5, 5.41) is 9.49. The number of amides is 1. The molecule has 0 bridgehead atoms. The van der Waals surface area contributed by atoms with Crippen LogP contribution in [-0.4, -0.2) is 41.1 Å². The molecule has 23 heavy (non-hydrogen) atoms. The largest absolute Gasteiger partial charge is 0.484 e. The van der Waals surface area contributed by atoms with Gasteiger partial charge in [0.15, 0.2) is 6.61 Å². The van der Waals surface area contributed by atoms with E-state index >= 15 is 0 Å². The molecule has 5 nitrogen and oxygen atoms in total. The van der Waals surface area contributed by atoms with Crippen molar-refractivity contribution in [3.05, 3.63) is 28.8 Å². The molecule has 1 saturated heterocycles. The number of ether oxygens (including phenoxy) is 1. The molecule has 0 spiro atoms. The number of nitrogens with zero attached hydrogens (tertiary/aromatic N) is 1. The van der Waals surface area contributed by atoms with Gasteiger partial charge in [-0.2, -0.15) is 0 Å². The van der Waals surface area contributed by atoms with Gasteiger partial charge in [0.05, 0.1) is 0 Å². The Morgan fingerprint density at radius 1 is 1.39 bits per heavy atom. The van der Waals surface area contributed by atoms with E-state index in [0.29, 0.717) is 23.7 Å². The number of hydrogen-bond acceptors (Lipinski definition) is 3. The lowest BCUT2D eigenvalue weighted by Crippen LogP contribution is -2.46. The first kappa shape index (κ1) is 17.6. The van der Waals surface area contributed by atoms with Crippen molar-refractivity contribution in [1.82, 2.24) is 4.90 Å². The quantitative estimate of drug-likeness (QED) is 0.863. The summed E-state index contributed by atoms with van der Waals surface area (Å²) in [5.41, 5.74) is 0.897. The predicted octanol–water partition coefficient (Wildman–Crippen LogP) is 3.27. The van der Waals surface area contributed by atoms with Gasteiger partial charge in [0.2, 0.25) is 0 Å². The van der Waals surface area contributed by atoms with Crippen molar-refractivity contribution in [3.63, 3.8) is 0 Å². The fourth-order valence-electron chi connectivity index (χ4n) is 2.85. The fourth-order valence-corrected chi connectivity index (χ4v) is 2.97. The van der Waals surface area contributed by atoms with Crippen LogP contribution in [0.3, 0.4) is 0 Å². The van der Waals surface area contributed by atoms with Crippen molar-refractivity contribution < 1.29 is 19.4 Å². The Labute approximate surface area is 141 Å². The van der Waals surface area contributed by atoms with Gasteiger partial charge < -0.3 is 14.7 Å². The zero-order valence-corrected chi connectivity index (χ0v) is 14.0. The van der Waals surface area contributed by atoms with Gasteiger partial charge in [0.1, 0.15) is 5.75 Å². The van der Waals surface area contributed by atoms with Crippen LogP contribution in [0.5, 0.6) is 5.75 Å². The Balaban J connectivity index is 1.91. The zero-order chi connectivity index (χ0) is 16.8. The van der Waals surface area contributed by atoms with Gasteiger partial charge in [-0.25, -0.2) is 0 Å². The Kier molecular flexibility index (Phi) is 6.28. The van der Waals surface area contributed by atoms with E-state index in [1.807, 2.05) is 6.92 Å². The summed E-state index contributed by atoms with van der Waals surface area (Å²) < 4.78 is 5.56. The molecule has 1 N–H and O–H groups in total. The van der Waals surface area contributed by atoms with E-state index in [-0.39, 0.29) is 25.0 Å². The molecule has 0 radical (unpaired) electrons. The van der Waals surface area contributed by atoms with Gasteiger partial charge in [0.25, 0.3) is 5.91 Å². The summed E-state index contributed by atoms with van der Waals surface area (Å²) >= 11 is 5.97. The van der Waals surface area contributed by atoms with Crippen molar-refractivity contribution in [2.24, 2.45) is 0 Å². The van der Waals surface area contributed by atoms with Gasteiger partial charge >= 0.3 is 5.97 Å². The van der Waals surface area contributed by atoms with Gasteiger partial charge in [-0.3, -0.25) is 9.59 Å². The summed E-state index contributed by atoms with van der Waals surface area (Å²) in [6, 6.07) is 5.28. The Hall–Kier alpha value is -1.75. The first-order valence-electron chi connectivity index (χ1n) is 7.87. The topological polar surface area (TPSA) is 66.8 Å². The molecule has 1 aliphatic rings. The summed E-state index contributed by atoms with van der Waals surface area (Å²) in [4.78, 5) is 24.9. The van der Waals surface area contributed by atoms with Crippen LogP contribution in [-0.2, 0) is 9.59 Å². The molecule has 1 amide bonds. The number of hydrogen-bond donors (Lipinski definition) is 1. The van der Waals surface area contributed by atoms with Crippen LogP contribution >= 0.6 is 11.6 Å². The van der Waals surface area contributed by atoms with Crippen molar-refractivity contribution in [1.29, 1.82) is 0 Å². The summed E-state index contributed by atoms with van der Waals surface area (Å²) in [6.07, 6.45) is 3.44. The first-order valence-corrected chi connectivity index (χ1v) is 8.25. The van der Waals surface area contributed by atoms with Crippen LogP contribution in [0, 0.1) is 6.92 Å². The molecule has 0 aliphatic carbocycles. The number of rotatable bonds is 6. The van der Waals surface area contributed by atoms with E-state index in [1.165, 1.54) is 0 Å². The van der Waals surface area contributed by atoms with Gasteiger partial charge in [-0.05, 0) is 56.4 Å². The lowest BCUT2D eigenvalue weighted by atomic mass is 9.98. The third-order valence-electron chi connectivity index (χ3n) is 4.13. The number of benzene rings is 1. The molecule has 0 saturated carbocycles. The molecule has 6 heteroatoms. The van der Waals surface area contributed by atoms with Crippen LogP contribution in [0.2, 0.25) is 5.02 Å². The highest BCUT2D eigenvalue weighted by atomic mass is 35.5. The Bertz CT molecular complexity index is 576. The fraction of sp³-hybridized carbons (Fsp3) is 0.529. The number of aryl methyl sites for hydroxylation is 1. The molecular formula is C17H22ClNO4. The third kappa shape index (κ3) is 5.13. The van der Waals surface area contributed by atoms with E-state index in [1.54, 1.807) is 23.1 Å². The maximum absolute atomic E-state index is 12.4. The number of halogens is 1. The van der Waals surface area contributed by atoms with E-state index in [4.69, 9.17) is 21.4 Å². The summed E-state index contributed by atoms with van der Waals surface area (Å²) in [6.45, 7) is 2.51. The predicted molar refractivity (Wildman–Crippen MR) is 87.9 cm³/mol. The smallest absolute Gasteiger partial charge is 0.303 e. The van der Waals surface area contributed by atoms with Crippen molar-refractivity contribution in [2.45, 2.75) is 45.1 Å². The number of piperidine rings is 1. The molecule has 0 aromatic heterocycles. The van der Waals surface area contributed by atoms with E-state index < -0.39 is 5.97 Å². The number of carboxylic acids is 1. The third-order valence-corrected chi connectivity index (χ3v) is 4.55. The number of aliphatic carboxylic acids is 1. The van der Waals surface area contributed by atoms with Gasteiger partial charge in [-0.15, -0.1) is 0 Å². The van der Waals surface area contributed by atoms with Crippen LogP contribution < -0.4 is 4.74 Å². The average Bonchev–Trinajstić information content (AvgIpc) is 2.54. The highest BCUT2D eigenvalue weighted by molar-refractivity contribution is 6.31. The molecule has 2 rings (SSSR count). The lowest BCUT2D eigenvalue weighted by Gasteiger charge is -2.35. The monoisotopic (exact) mass is 339 g/mol. The van der Waals surface area contributed by atoms with E-state index in [2.05, 4.69) is 0 Å². The maximum atomic E-state index is 12.4. The van der Waals surface area contributed by atoms with Crippen LogP contribution in [0.25, 0.3) is 0 Å². The van der Waals surface area contributed by atoms with E-state index in [0.717, 1.165) is 24.8 Å². The van der Waals surface area contributed by atoms with Crippen molar-refractivity contribution in [2.75, 3.05) is 13.2 Å². The molecule has 1 atom stereocenters. The molecule has 1 aromatic carbocycles. The van der Waals surface area contributed by atoms with Gasteiger partial charge in [0, 0.05) is 24.0 Å². The SMILES string of the molecule is Cc1cc(OCC(=O)N2CCCCC2CCC(=O)O)ccc1Cl. The number of carbonyl (C=O) groups is 2. The minimum Gasteiger partial charge on any atom is -0.484 e. The zero-order valence-electron chi connectivity index (χ0n) is 13.3. The average molecular weight is 340 g/mol. The van der Waals surface area contributed by atoms with Crippen LogP contribution in [0.15, 0.2) is 18.2 Å². The van der Waals surface area contributed by atoms with Gasteiger partial charge in [-0.1, -0.05) is 11.6 Å². The molecule has 126 valence electrons. The number of likely N-dealkylation sites (tertiary alicyclic amines) is 1. The second-order valence-electron chi connectivity index (χ2n) is 5.87. The number of carbonyl (C=O) groups excluding carboxylic acids is 1. The highest BCUT2D eigenvalue weighted by Crippen LogP contribution is 2.23. The minimum absolute atomic E-state index is 0.00269. The molecule has 1 fully saturated rings. The van der Waals surface area contributed by atoms with Crippen molar-refractivity contribution in [3.8, 4) is 5.75 Å². The second kappa shape index (κ2) is 8.20. The molecular weight excluding hydrogens is 318 g/mol. The lowest BCUT2D eigenvalue weighted by molar-refractivity contribution is -0.141. The maximum Gasteiger partial charge on any atom is 0.303 e. The first-order chi connectivity index (χ1) is 11.0. The standard InChI is InChI=1S/C17H22ClNO4/c1-12-10-14(6-7-15(12)18)23-11-16(20)19-9-3-2-4-13(19)5-8-17(21)22/h6-7,10,13H,2-5,8-9,11H2,1H3,(H,21,22). The van der Waals surface area contributed by atoms with Crippen molar-refractivity contribution >= 4 is 23.5 Å². The highest BCUT2D eigenvalue weighted by Gasteiger charge is 2.27. The van der Waals surface area contributed by atoms with Crippen LogP contribution in [0.4, 0.5) is 0 Å². The molecule has 1 unspecified atom stereocenters. The Morgan fingerprint density at radius 3 is 2.87 bits per heavy atom. The Morgan fingerprint density at radius 2 is 2.17 bits per heavy atom. The second-order valence-corrected chi connectivity index (χ2v) is 6.28. The molecule has 1 aliphatic heterocycles. The normalized spacial score (nSPS) is 17.8. The number of carboxylic acid groups (broad SMARTS) is 1.